The van der Waals surface area contributed by atoms with Crippen molar-refractivity contribution in [2.45, 2.75) is 26.2 Å². The van der Waals surface area contributed by atoms with Crippen LogP contribution in [0, 0.1) is 6.92 Å². The monoisotopic (exact) mass is 269 g/mol. The molecule has 0 atom stereocenters. The van der Waals surface area contributed by atoms with E-state index in [9.17, 15) is 4.79 Å². The van der Waals surface area contributed by atoms with Gasteiger partial charge in [-0.15, -0.1) is 0 Å². The molecule has 1 aromatic carbocycles. The van der Waals surface area contributed by atoms with Crippen molar-refractivity contribution in [1.29, 1.82) is 0 Å². The van der Waals surface area contributed by atoms with Crippen LogP contribution in [0.4, 0.5) is 0 Å². The molecule has 1 aromatic heterocycles. The number of aryl methyl sites for hydroxylation is 3. The molecule has 0 bridgehead atoms. The minimum absolute atomic E-state index is 0.200. The number of benzene rings is 1. The first-order valence-corrected chi connectivity index (χ1v) is 6.64. The molecular formula is C16H15NO3. The Morgan fingerprint density at radius 1 is 1.20 bits per heavy atom. The number of aromatic carboxylic acids is 1. The van der Waals surface area contributed by atoms with E-state index in [1.807, 2.05) is 12.1 Å². The maximum Gasteiger partial charge on any atom is 0.337 e. The molecule has 0 saturated carbocycles. The lowest BCUT2D eigenvalue weighted by molar-refractivity contribution is 0.0695. The summed E-state index contributed by atoms with van der Waals surface area (Å²) in [6.45, 7) is 1.67. The molecule has 0 amide bonds. The zero-order valence-electron chi connectivity index (χ0n) is 11.2. The van der Waals surface area contributed by atoms with E-state index in [2.05, 4.69) is 11.1 Å². The fourth-order valence-electron chi connectivity index (χ4n) is 2.55. The van der Waals surface area contributed by atoms with Gasteiger partial charge in [-0.05, 0) is 55.5 Å². The molecule has 2 aromatic rings. The Morgan fingerprint density at radius 3 is 2.75 bits per heavy atom. The van der Waals surface area contributed by atoms with Crippen molar-refractivity contribution in [3.63, 3.8) is 0 Å². The number of hydrogen-bond donors (Lipinski definition) is 1. The van der Waals surface area contributed by atoms with Gasteiger partial charge in [-0.1, -0.05) is 6.07 Å². The minimum Gasteiger partial charge on any atom is -0.478 e. The average molecular weight is 269 g/mol. The fraction of sp³-hybridized carbons (Fsp3) is 0.250. The summed E-state index contributed by atoms with van der Waals surface area (Å²) in [5, 5.41) is 8.97. The number of fused-ring (bicyclic) bond motifs is 1. The first-order valence-electron chi connectivity index (χ1n) is 6.64. The third kappa shape index (κ3) is 2.37. The average Bonchev–Trinajstić information content (AvgIpc) is 2.85. The van der Waals surface area contributed by atoms with Gasteiger partial charge in [-0.25, -0.2) is 9.78 Å². The van der Waals surface area contributed by atoms with Crippen LogP contribution in [0.2, 0.25) is 0 Å². The maximum absolute atomic E-state index is 10.9. The largest absolute Gasteiger partial charge is 0.478 e. The van der Waals surface area contributed by atoms with Crippen LogP contribution >= 0.6 is 0 Å². The first-order chi connectivity index (χ1) is 9.63. The van der Waals surface area contributed by atoms with E-state index in [1.54, 1.807) is 13.0 Å². The molecule has 0 fully saturated rings. The second kappa shape index (κ2) is 4.96. The highest BCUT2D eigenvalue weighted by atomic mass is 16.5. The van der Waals surface area contributed by atoms with Crippen LogP contribution < -0.4 is 4.74 Å². The van der Waals surface area contributed by atoms with Crippen molar-refractivity contribution in [1.82, 2.24) is 4.98 Å². The topological polar surface area (TPSA) is 59.4 Å². The summed E-state index contributed by atoms with van der Waals surface area (Å²) < 4.78 is 5.72. The van der Waals surface area contributed by atoms with Crippen LogP contribution in [0.5, 0.6) is 11.6 Å². The lowest BCUT2D eigenvalue weighted by Gasteiger charge is -2.08. The van der Waals surface area contributed by atoms with Crippen LogP contribution in [0.3, 0.4) is 0 Å². The quantitative estimate of drug-likeness (QED) is 0.928. The molecule has 0 saturated heterocycles. The normalized spacial score (nSPS) is 13.1. The Balaban J connectivity index is 1.84. The number of nitrogens with zero attached hydrogens (tertiary/aromatic N) is 1. The van der Waals surface area contributed by atoms with Gasteiger partial charge in [0.1, 0.15) is 5.75 Å². The van der Waals surface area contributed by atoms with Gasteiger partial charge in [-0.3, -0.25) is 0 Å². The second-order valence-corrected chi connectivity index (χ2v) is 4.97. The highest BCUT2D eigenvalue weighted by Gasteiger charge is 2.13. The predicted octanol–water partition coefficient (Wildman–Crippen LogP) is 3.37. The van der Waals surface area contributed by atoms with Crippen molar-refractivity contribution in [3.8, 4) is 11.6 Å². The highest BCUT2D eigenvalue weighted by molar-refractivity contribution is 5.88. The second-order valence-electron chi connectivity index (χ2n) is 4.97. The third-order valence-electron chi connectivity index (χ3n) is 3.58. The molecule has 4 nitrogen and oxygen atoms in total. The number of carboxylic acids is 1. The van der Waals surface area contributed by atoms with Crippen LogP contribution in [-0.4, -0.2) is 16.1 Å². The van der Waals surface area contributed by atoms with Crippen molar-refractivity contribution >= 4 is 5.97 Å². The lowest BCUT2D eigenvalue weighted by Crippen LogP contribution is -2.02. The van der Waals surface area contributed by atoms with Crippen LogP contribution in [-0.2, 0) is 12.8 Å². The molecule has 4 heteroatoms. The number of aromatic nitrogens is 1. The summed E-state index contributed by atoms with van der Waals surface area (Å²) in [5.74, 6) is 0.199. The summed E-state index contributed by atoms with van der Waals surface area (Å²) in [4.78, 5) is 15.1. The molecule has 102 valence electrons. The SMILES string of the molecule is Cc1nc(Oc2ccc3c(c2)CCC3)ccc1C(=O)O. The molecule has 1 aliphatic carbocycles. The summed E-state index contributed by atoms with van der Waals surface area (Å²) in [6.07, 6.45) is 3.43. The Bertz CT molecular complexity index is 679. The van der Waals surface area contributed by atoms with Gasteiger partial charge in [0.05, 0.1) is 11.3 Å². The Labute approximate surface area is 117 Å². The van der Waals surface area contributed by atoms with E-state index < -0.39 is 5.97 Å². The standard InChI is InChI=1S/C16H15NO3/c1-10-14(16(18)19)7-8-15(17-10)20-13-6-5-11-3-2-4-12(11)9-13/h5-9H,2-4H2,1H3,(H,18,19). The van der Waals surface area contributed by atoms with E-state index in [1.165, 1.54) is 23.6 Å². The van der Waals surface area contributed by atoms with Crippen molar-refractivity contribution in [2.75, 3.05) is 0 Å². The lowest BCUT2D eigenvalue weighted by atomic mass is 10.1. The van der Waals surface area contributed by atoms with E-state index in [-0.39, 0.29) is 5.56 Å². The van der Waals surface area contributed by atoms with Crippen LogP contribution in [0.15, 0.2) is 30.3 Å². The number of pyridine rings is 1. The molecule has 1 N–H and O–H groups in total. The molecule has 3 rings (SSSR count). The molecule has 1 aliphatic rings. The van der Waals surface area contributed by atoms with E-state index in [0.717, 1.165) is 18.6 Å². The summed E-state index contributed by atoms with van der Waals surface area (Å²) in [6, 6.07) is 9.18. The maximum atomic E-state index is 10.9. The molecule has 1 heterocycles. The number of carbonyl (C=O) groups is 1. The molecule has 0 aliphatic heterocycles. The molecule has 0 radical (unpaired) electrons. The Kier molecular flexibility index (Phi) is 3.14. The molecule has 0 spiro atoms. The van der Waals surface area contributed by atoms with Gasteiger partial charge < -0.3 is 9.84 Å². The smallest absolute Gasteiger partial charge is 0.337 e. The molecule has 20 heavy (non-hydrogen) atoms. The van der Waals surface area contributed by atoms with Crippen LogP contribution in [0.25, 0.3) is 0 Å². The summed E-state index contributed by atoms with van der Waals surface area (Å²) in [5.41, 5.74) is 3.38. The minimum atomic E-state index is -0.973. The van der Waals surface area contributed by atoms with E-state index >= 15 is 0 Å². The zero-order chi connectivity index (χ0) is 14.1. The van der Waals surface area contributed by atoms with Gasteiger partial charge in [0.25, 0.3) is 0 Å². The Hall–Kier alpha value is -2.36. The van der Waals surface area contributed by atoms with Gasteiger partial charge in [0, 0.05) is 6.07 Å². The summed E-state index contributed by atoms with van der Waals surface area (Å²) >= 11 is 0. The van der Waals surface area contributed by atoms with Crippen molar-refractivity contribution in [2.24, 2.45) is 0 Å². The fourth-order valence-corrected chi connectivity index (χ4v) is 2.55. The Morgan fingerprint density at radius 2 is 2.00 bits per heavy atom. The number of hydrogen-bond acceptors (Lipinski definition) is 3. The highest BCUT2D eigenvalue weighted by Crippen LogP contribution is 2.28. The van der Waals surface area contributed by atoms with Crippen molar-refractivity contribution in [3.05, 3.63) is 52.7 Å². The summed E-state index contributed by atoms with van der Waals surface area (Å²) in [7, 11) is 0. The zero-order valence-corrected chi connectivity index (χ0v) is 11.2. The third-order valence-corrected chi connectivity index (χ3v) is 3.58. The van der Waals surface area contributed by atoms with Crippen LogP contribution in [0.1, 0.15) is 33.6 Å². The molecule has 0 unspecified atom stereocenters. The number of ether oxygens (including phenoxy) is 1. The number of carboxylic acid groups (broad SMARTS) is 1. The van der Waals surface area contributed by atoms with E-state index in [0.29, 0.717) is 11.6 Å². The van der Waals surface area contributed by atoms with Gasteiger partial charge in [0.2, 0.25) is 5.88 Å². The van der Waals surface area contributed by atoms with Gasteiger partial charge >= 0.3 is 5.97 Å². The van der Waals surface area contributed by atoms with Crippen molar-refractivity contribution < 1.29 is 14.6 Å². The molecular weight excluding hydrogens is 254 g/mol. The number of rotatable bonds is 3. The van der Waals surface area contributed by atoms with E-state index in [4.69, 9.17) is 9.84 Å². The first kappa shape index (κ1) is 12.7. The van der Waals surface area contributed by atoms with Gasteiger partial charge in [-0.2, -0.15) is 0 Å². The predicted molar refractivity (Wildman–Crippen MR) is 74.5 cm³/mol. The van der Waals surface area contributed by atoms with Gasteiger partial charge in [0.15, 0.2) is 0 Å².